The maximum absolute atomic E-state index is 5.94. The van der Waals surface area contributed by atoms with Crippen LogP contribution in [0.2, 0.25) is 5.28 Å². The number of hydrogen-bond acceptors (Lipinski definition) is 8. The lowest BCUT2D eigenvalue weighted by Gasteiger charge is -2.18. The van der Waals surface area contributed by atoms with Gasteiger partial charge in [-0.2, -0.15) is 19.3 Å². The molecule has 0 fully saturated rings. The van der Waals surface area contributed by atoms with Gasteiger partial charge in [0.25, 0.3) is 0 Å². The molecule has 2 rings (SSSR count). The fraction of sp³-hybridized carbons (Fsp3) is 0.500. The molecule has 9 heteroatoms. The Kier molecular flexibility index (Phi) is 4.89. The minimum absolute atomic E-state index is 0.195. The Morgan fingerprint density at radius 3 is 2.47 bits per heavy atom. The predicted molar refractivity (Wildman–Crippen MR) is 77.2 cm³/mol. The monoisotopic (exact) mass is 316 g/mol. The molecule has 0 radical (unpaired) electrons. The number of aryl methyl sites for hydroxylation is 1. The van der Waals surface area contributed by atoms with E-state index in [-0.39, 0.29) is 5.28 Å². The largest absolute Gasteiger partial charge is 0.341 e. The van der Waals surface area contributed by atoms with Crippen molar-refractivity contribution in [3.05, 3.63) is 11.1 Å². The Bertz CT molecular complexity index is 557. The van der Waals surface area contributed by atoms with Gasteiger partial charge in [0.15, 0.2) is 4.34 Å². The van der Waals surface area contributed by atoms with Gasteiger partial charge in [-0.05, 0) is 55.7 Å². The summed E-state index contributed by atoms with van der Waals surface area (Å²) in [6, 6.07) is 0. The van der Waals surface area contributed by atoms with E-state index in [4.69, 9.17) is 11.6 Å². The van der Waals surface area contributed by atoms with Gasteiger partial charge in [0, 0.05) is 13.1 Å². The summed E-state index contributed by atoms with van der Waals surface area (Å²) in [5.74, 6) is 1.34. The summed E-state index contributed by atoms with van der Waals surface area (Å²) < 4.78 is 4.92. The van der Waals surface area contributed by atoms with Gasteiger partial charge in [-0.15, -0.1) is 0 Å². The van der Waals surface area contributed by atoms with Crippen molar-refractivity contribution in [2.75, 3.05) is 18.0 Å². The van der Waals surface area contributed by atoms with E-state index in [2.05, 4.69) is 24.3 Å². The molecule has 19 heavy (non-hydrogen) atoms. The molecule has 0 bridgehead atoms. The van der Waals surface area contributed by atoms with Crippen molar-refractivity contribution in [2.24, 2.45) is 0 Å². The summed E-state index contributed by atoms with van der Waals surface area (Å²) in [5, 5.41) is 0.735. The molecule has 0 aliphatic rings. The zero-order valence-corrected chi connectivity index (χ0v) is 13.2. The molecule has 0 saturated heterocycles. The number of nitrogens with zero attached hydrogens (tertiary/aromatic N) is 6. The molecular weight excluding hydrogens is 304 g/mol. The van der Waals surface area contributed by atoms with Gasteiger partial charge in [0.1, 0.15) is 5.82 Å². The molecule has 6 nitrogen and oxygen atoms in total. The molecule has 102 valence electrons. The van der Waals surface area contributed by atoms with Crippen LogP contribution in [0.5, 0.6) is 0 Å². The molecule has 2 aromatic heterocycles. The quantitative estimate of drug-likeness (QED) is 0.840. The lowest BCUT2D eigenvalue weighted by atomic mass is 10.5. The first-order valence-corrected chi connectivity index (χ1v) is 7.73. The average molecular weight is 317 g/mol. The zero-order chi connectivity index (χ0) is 13.8. The molecule has 0 amide bonds. The summed E-state index contributed by atoms with van der Waals surface area (Å²) in [6.45, 7) is 7.57. The van der Waals surface area contributed by atoms with Gasteiger partial charge in [-0.25, -0.2) is 4.98 Å². The van der Waals surface area contributed by atoms with E-state index in [1.165, 1.54) is 23.3 Å². The lowest BCUT2D eigenvalue weighted by molar-refractivity contribution is 0.782. The van der Waals surface area contributed by atoms with Crippen LogP contribution in [-0.2, 0) is 0 Å². The Morgan fingerprint density at radius 1 is 1.16 bits per heavy atom. The fourth-order valence-corrected chi connectivity index (χ4v) is 3.12. The first-order chi connectivity index (χ1) is 9.12. The number of aromatic nitrogens is 5. The van der Waals surface area contributed by atoms with E-state index in [0.29, 0.717) is 11.1 Å². The second kappa shape index (κ2) is 6.44. The van der Waals surface area contributed by atoms with Crippen LogP contribution in [0, 0.1) is 6.92 Å². The van der Waals surface area contributed by atoms with Gasteiger partial charge >= 0.3 is 0 Å². The van der Waals surface area contributed by atoms with Crippen LogP contribution >= 0.6 is 34.9 Å². The highest BCUT2D eigenvalue weighted by Gasteiger charge is 2.12. The number of rotatable bonds is 5. The van der Waals surface area contributed by atoms with E-state index in [1.807, 2.05) is 25.7 Å². The first kappa shape index (κ1) is 14.4. The van der Waals surface area contributed by atoms with Gasteiger partial charge in [-0.3, -0.25) is 0 Å². The minimum Gasteiger partial charge on any atom is -0.341 e. The van der Waals surface area contributed by atoms with Crippen LogP contribution in [0.4, 0.5) is 5.95 Å². The van der Waals surface area contributed by atoms with E-state index in [9.17, 15) is 0 Å². The van der Waals surface area contributed by atoms with Crippen LogP contribution in [0.25, 0.3) is 0 Å². The number of hydrogen-bond donors (Lipinski definition) is 0. The maximum atomic E-state index is 5.94. The van der Waals surface area contributed by atoms with Gasteiger partial charge in [0.05, 0.1) is 0 Å². The van der Waals surface area contributed by atoms with E-state index < -0.39 is 0 Å². The van der Waals surface area contributed by atoms with Crippen molar-refractivity contribution in [3.8, 4) is 0 Å². The van der Waals surface area contributed by atoms with Crippen LogP contribution in [0.3, 0.4) is 0 Å². The molecule has 0 saturated carbocycles. The van der Waals surface area contributed by atoms with E-state index in [0.717, 1.165) is 23.3 Å². The lowest BCUT2D eigenvalue weighted by Crippen LogP contribution is -2.24. The van der Waals surface area contributed by atoms with Crippen LogP contribution < -0.4 is 4.90 Å². The number of halogens is 1. The third-order valence-corrected chi connectivity index (χ3v) is 4.19. The molecule has 0 spiro atoms. The standard InChI is InChI=1S/C10H13ClN6S2/c1-4-17(5-2)8-13-7(11)14-9(15-8)18-10-12-6(3)16-19-10/h4-5H2,1-3H3. The molecule has 0 aromatic carbocycles. The molecule has 0 aliphatic heterocycles. The van der Waals surface area contributed by atoms with Crippen molar-refractivity contribution < 1.29 is 0 Å². The number of anilines is 1. The second-order valence-electron chi connectivity index (χ2n) is 3.57. The smallest absolute Gasteiger partial charge is 0.230 e. The van der Waals surface area contributed by atoms with Crippen molar-refractivity contribution in [1.29, 1.82) is 0 Å². The highest BCUT2D eigenvalue weighted by molar-refractivity contribution is 8.00. The molecular formula is C10H13ClN6S2. The van der Waals surface area contributed by atoms with Gasteiger partial charge in [-0.1, -0.05) is 0 Å². The fourth-order valence-electron chi connectivity index (χ4n) is 1.41. The highest BCUT2D eigenvalue weighted by atomic mass is 35.5. The minimum atomic E-state index is 0.195. The van der Waals surface area contributed by atoms with Crippen LogP contribution in [0.1, 0.15) is 19.7 Å². The summed E-state index contributed by atoms with van der Waals surface area (Å²) in [7, 11) is 0. The summed E-state index contributed by atoms with van der Waals surface area (Å²) in [6.07, 6.45) is 0. The molecule has 0 N–H and O–H groups in total. The van der Waals surface area contributed by atoms with Crippen molar-refractivity contribution in [3.63, 3.8) is 0 Å². The SMILES string of the molecule is CCN(CC)c1nc(Cl)nc(Sc2nc(C)ns2)n1. The molecule has 2 heterocycles. The third kappa shape index (κ3) is 3.74. The van der Waals surface area contributed by atoms with Crippen molar-refractivity contribution in [2.45, 2.75) is 30.3 Å². The predicted octanol–water partition coefficient (Wildman–Crippen LogP) is 2.68. The second-order valence-corrected chi connectivity index (χ2v) is 5.87. The van der Waals surface area contributed by atoms with Gasteiger partial charge < -0.3 is 4.90 Å². The van der Waals surface area contributed by atoms with E-state index in [1.54, 1.807) is 0 Å². The zero-order valence-electron chi connectivity index (χ0n) is 10.8. The van der Waals surface area contributed by atoms with Crippen LogP contribution in [-0.4, -0.2) is 37.4 Å². The highest BCUT2D eigenvalue weighted by Crippen LogP contribution is 2.27. The average Bonchev–Trinajstić information content (AvgIpc) is 2.75. The van der Waals surface area contributed by atoms with E-state index >= 15 is 0 Å². The first-order valence-electron chi connectivity index (χ1n) is 5.77. The molecule has 2 aromatic rings. The molecule has 0 aliphatic carbocycles. The normalized spacial score (nSPS) is 10.7. The summed E-state index contributed by atoms with van der Waals surface area (Å²) >= 11 is 8.61. The summed E-state index contributed by atoms with van der Waals surface area (Å²) in [5.41, 5.74) is 0. The summed E-state index contributed by atoms with van der Waals surface area (Å²) in [4.78, 5) is 18.9. The van der Waals surface area contributed by atoms with Crippen LogP contribution in [0.15, 0.2) is 9.50 Å². The van der Waals surface area contributed by atoms with Crippen molar-refractivity contribution in [1.82, 2.24) is 24.3 Å². The topological polar surface area (TPSA) is 67.7 Å². The Labute approximate surface area is 124 Å². The Balaban J connectivity index is 2.25. The Hall–Kier alpha value is -0.990. The Morgan fingerprint density at radius 2 is 1.89 bits per heavy atom. The third-order valence-electron chi connectivity index (χ3n) is 2.31. The molecule has 0 unspecified atom stereocenters. The van der Waals surface area contributed by atoms with Gasteiger partial charge in [0.2, 0.25) is 16.4 Å². The maximum Gasteiger partial charge on any atom is 0.230 e. The van der Waals surface area contributed by atoms with Crippen molar-refractivity contribution >= 4 is 40.8 Å². The molecule has 0 atom stereocenters.